The maximum absolute atomic E-state index is 6.67. The third-order valence-corrected chi connectivity index (χ3v) is 4.83. The summed E-state index contributed by atoms with van der Waals surface area (Å²) in [7, 11) is 0. The monoisotopic (exact) mass is 277 g/mol. The van der Waals surface area contributed by atoms with Crippen LogP contribution in [0.4, 0.5) is 0 Å². The van der Waals surface area contributed by atoms with E-state index in [1.807, 2.05) is 0 Å². The molecule has 2 atom stereocenters. The number of rotatable bonds is 5. The molecule has 1 aliphatic carbocycles. The minimum absolute atomic E-state index is 0.0514. The van der Waals surface area contributed by atoms with Gasteiger partial charge in [0.25, 0.3) is 0 Å². The van der Waals surface area contributed by atoms with Gasteiger partial charge in [0, 0.05) is 18.2 Å². The molecule has 20 heavy (non-hydrogen) atoms. The average Bonchev–Trinajstić information content (AvgIpc) is 2.76. The summed E-state index contributed by atoms with van der Waals surface area (Å²) in [6.45, 7) is 9.12. The number of hydrogen-bond donors (Lipinski definition) is 1. The van der Waals surface area contributed by atoms with E-state index in [0.29, 0.717) is 6.04 Å². The van der Waals surface area contributed by atoms with E-state index in [1.165, 1.54) is 12.1 Å². The van der Waals surface area contributed by atoms with Crippen molar-refractivity contribution in [3.63, 3.8) is 0 Å². The molecule has 0 bridgehead atoms. The first-order valence-electron chi connectivity index (χ1n) is 8.28. The third kappa shape index (κ3) is 3.63. The highest BCUT2D eigenvalue weighted by Crippen LogP contribution is 2.36. The summed E-state index contributed by atoms with van der Waals surface area (Å²) >= 11 is 0. The van der Waals surface area contributed by atoms with Gasteiger partial charge in [-0.15, -0.1) is 0 Å². The maximum Gasteiger partial charge on any atom is 0.0643 e. The fraction of sp³-hybridized carbons (Fsp3) is 0.824. The first kappa shape index (κ1) is 15.6. The van der Waals surface area contributed by atoms with Crippen LogP contribution in [0.25, 0.3) is 0 Å². The van der Waals surface area contributed by atoms with Crippen molar-refractivity contribution in [2.24, 2.45) is 17.6 Å². The molecule has 1 heterocycles. The van der Waals surface area contributed by atoms with Crippen LogP contribution in [0.1, 0.15) is 71.5 Å². The molecule has 1 aliphatic rings. The fourth-order valence-corrected chi connectivity index (χ4v) is 4.17. The van der Waals surface area contributed by atoms with Crippen LogP contribution in [0, 0.1) is 11.8 Å². The van der Waals surface area contributed by atoms with Crippen molar-refractivity contribution in [1.29, 1.82) is 0 Å². The molecule has 1 fully saturated rings. The zero-order valence-corrected chi connectivity index (χ0v) is 13.6. The molecule has 3 nitrogen and oxygen atoms in total. The highest BCUT2D eigenvalue weighted by Gasteiger charge is 2.35. The second-order valence-electron chi connectivity index (χ2n) is 7.15. The normalized spacial score (nSPS) is 30.9. The van der Waals surface area contributed by atoms with Gasteiger partial charge in [0.1, 0.15) is 0 Å². The predicted molar refractivity (Wildman–Crippen MR) is 84.6 cm³/mol. The van der Waals surface area contributed by atoms with E-state index in [0.717, 1.165) is 43.9 Å². The largest absolute Gasteiger partial charge is 0.325 e. The van der Waals surface area contributed by atoms with Crippen LogP contribution >= 0.6 is 0 Å². The molecule has 1 saturated carbocycles. The third-order valence-electron chi connectivity index (χ3n) is 4.83. The maximum atomic E-state index is 6.67. The summed E-state index contributed by atoms with van der Waals surface area (Å²) in [5, 5.41) is 4.78. The Balaban J connectivity index is 2.06. The smallest absolute Gasteiger partial charge is 0.0643 e. The van der Waals surface area contributed by atoms with Gasteiger partial charge in [-0.1, -0.05) is 27.7 Å². The lowest BCUT2D eigenvalue weighted by Gasteiger charge is -2.39. The Morgan fingerprint density at radius 3 is 2.45 bits per heavy atom. The van der Waals surface area contributed by atoms with E-state index in [2.05, 4.69) is 44.6 Å². The summed E-state index contributed by atoms with van der Waals surface area (Å²) < 4.78 is 2.13. The van der Waals surface area contributed by atoms with Crippen LogP contribution < -0.4 is 5.73 Å². The Morgan fingerprint density at radius 2 is 1.90 bits per heavy atom. The van der Waals surface area contributed by atoms with Gasteiger partial charge in [-0.25, -0.2) is 0 Å². The first-order valence-corrected chi connectivity index (χ1v) is 8.28. The van der Waals surface area contributed by atoms with E-state index in [4.69, 9.17) is 10.8 Å². The molecule has 0 radical (unpaired) electrons. The summed E-state index contributed by atoms with van der Waals surface area (Å²) in [4.78, 5) is 0. The minimum Gasteiger partial charge on any atom is -0.325 e. The number of nitrogens with two attached hydrogens (primary N) is 1. The van der Waals surface area contributed by atoms with Gasteiger partial charge in [-0.3, -0.25) is 4.68 Å². The number of aromatic nitrogens is 2. The molecule has 1 aromatic heterocycles. The molecule has 2 unspecified atom stereocenters. The Hall–Kier alpha value is -0.830. The Labute approximate surface area is 123 Å². The van der Waals surface area contributed by atoms with Crippen LogP contribution in [0.3, 0.4) is 0 Å². The van der Waals surface area contributed by atoms with Gasteiger partial charge < -0.3 is 5.73 Å². The van der Waals surface area contributed by atoms with Crippen molar-refractivity contribution in [3.8, 4) is 0 Å². The fourth-order valence-electron chi connectivity index (χ4n) is 4.17. The lowest BCUT2D eigenvalue weighted by atomic mass is 9.70. The second kappa shape index (κ2) is 6.30. The minimum atomic E-state index is -0.0514. The van der Waals surface area contributed by atoms with Crippen LogP contribution in [-0.4, -0.2) is 15.3 Å². The summed E-state index contributed by atoms with van der Waals surface area (Å²) in [5.74, 6) is 1.48. The average molecular weight is 277 g/mol. The van der Waals surface area contributed by atoms with Gasteiger partial charge in [0.2, 0.25) is 0 Å². The Morgan fingerprint density at radius 1 is 1.30 bits per heavy atom. The van der Waals surface area contributed by atoms with Crippen molar-refractivity contribution in [2.75, 3.05) is 0 Å². The van der Waals surface area contributed by atoms with Crippen LogP contribution in [-0.2, 0) is 6.42 Å². The zero-order valence-electron chi connectivity index (χ0n) is 13.6. The predicted octanol–water partition coefficient (Wildman–Crippen LogP) is 3.94. The first-order chi connectivity index (χ1) is 9.45. The van der Waals surface area contributed by atoms with Gasteiger partial charge in [-0.05, 0) is 50.0 Å². The lowest BCUT2D eigenvalue weighted by Crippen LogP contribution is -2.48. The van der Waals surface area contributed by atoms with Crippen LogP contribution in [0.15, 0.2) is 12.3 Å². The summed E-state index contributed by atoms with van der Waals surface area (Å²) in [5.41, 5.74) is 7.79. The molecule has 0 aromatic carbocycles. The van der Waals surface area contributed by atoms with E-state index in [9.17, 15) is 0 Å². The molecule has 1 aromatic rings. The van der Waals surface area contributed by atoms with Gasteiger partial charge in [0.05, 0.1) is 11.7 Å². The highest BCUT2D eigenvalue weighted by atomic mass is 15.3. The van der Waals surface area contributed by atoms with Crippen molar-refractivity contribution in [2.45, 2.75) is 77.8 Å². The van der Waals surface area contributed by atoms with E-state index in [-0.39, 0.29) is 5.54 Å². The molecule has 0 aliphatic heterocycles. The SMILES string of the molecule is CCC(CC)n1ccc(CC2(N)CC(C)CC(C)C2)n1. The molecular weight excluding hydrogens is 246 g/mol. The molecule has 0 spiro atoms. The van der Waals surface area contributed by atoms with Crippen LogP contribution in [0.5, 0.6) is 0 Å². The quantitative estimate of drug-likeness (QED) is 0.886. The molecule has 3 heteroatoms. The molecule has 0 saturated heterocycles. The number of hydrogen-bond acceptors (Lipinski definition) is 2. The van der Waals surface area contributed by atoms with Crippen molar-refractivity contribution in [3.05, 3.63) is 18.0 Å². The van der Waals surface area contributed by atoms with Gasteiger partial charge in [-0.2, -0.15) is 5.10 Å². The van der Waals surface area contributed by atoms with Gasteiger partial charge >= 0.3 is 0 Å². The van der Waals surface area contributed by atoms with Crippen molar-refractivity contribution in [1.82, 2.24) is 9.78 Å². The number of nitrogens with zero attached hydrogens (tertiary/aromatic N) is 2. The summed E-state index contributed by atoms with van der Waals surface area (Å²) in [6, 6.07) is 2.69. The molecular formula is C17H31N3. The van der Waals surface area contributed by atoms with E-state index >= 15 is 0 Å². The zero-order chi connectivity index (χ0) is 14.8. The standard InChI is InChI=1S/C17H31N3/c1-5-16(6-2)20-8-7-15(19-20)12-17(18)10-13(3)9-14(4)11-17/h7-8,13-14,16H,5-6,9-12,18H2,1-4H3. The van der Waals surface area contributed by atoms with E-state index in [1.54, 1.807) is 0 Å². The Bertz CT molecular complexity index is 410. The van der Waals surface area contributed by atoms with Crippen molar-refractivity contribution < 1.29 is 0 Å². The molecule has 0 amide bonds. The van der Waals surface area contributed by atoms with Crippen molar-refractivity contribution >= 4 is 0 Å². The summed E-state index contributed by atoms with van der Waals surface area (Å²) in [6.07, 6.45) is 8.92. The highest BCUT2D eigenvalue weighted by molar-refractivity contribution is 5.08. The lowest BCUT2D eigenvalue weighted by molar-refractivity contribution is 0.181. The second-order valence-corrected chi connectivity index (χ2v) is 7.15. The van der Waals surface area contributed by atoms with Crippen LogP contribution in [0.2, 0.25) is 0 Å². The molecule has 2 rings (SSSR count). The van der Waals surface area contributed by atoms with E-state index < -0.39 is 0 Å². The topological polar surface area (TPSA) is 43.8 Å². The molecule has 114 valence electrons. The molecule has 2 N–H and O–H groups in total. The van der Waals surface area contributed by atoms with Gasteiger partial charge in [0.15, 0.2) is 0 Å². The Kier molecular flexibility index (Phi) is 4.90.